The molecule has 1 aromatic heterocycles. The zero-order chi connectivity index (χ0) is 14.7. The summed E-state index contributed by atoms with van der Waals surface area (Å²) in [5, 5.41) is 3.57. The molecule has 0 aliphatic heterocycles. The largest absolute Gasteiger partial charge is 0.316 e. The van der Waals surface area contributed by atoms with Crippen molar-refractivity contribution < 1.29 is 0 Å². The minimum Gasteiger partial charge on any atom is -0.316 e. The smallest absolute Gasteiger partial charge is 0.131 e. The minimum absolute atomic E-state index is 0.637. The summed E-state index contributed by atoms with van der Waals surface area (Å²) in [5.41, 5.74) is 4.06. The van der Waals surface area contributed by atoms with Crippen LogP contribution in [0.15, 0.2) is 0 Å². The van der Waals surface area contributed by atoms with Gasteiger partial charge in [0.1, 0.15) is 5.82 Å². The van der Waals surface area contributed by atoms with E-state index in [2.05, 4.69) is 19.2 Å². The average Bonchev–Trinajstić information content (AvgIpc) is 3.02. The second-order valence-corrected chi connectivity index (χ2v) is 6.89. The molecule has 1 saturated carbocycles. The van der Waals surface area contributed by atoms with Crippen molar-refractivity contribution in [1.29, 1.82) is 0 Å². The van der Waals surface area contributed by atoms with E-state index < -0.39 is 0 Å². The molecule has 1 atom stereocenters. The standard InChI is InChI=1S/C18H29N3/c1-3-10-19-12-14-8-9-17-16(11-14)13(2)20-18(21-17)15-6-4-5-7-15/h14-15,19H,3-12H2,1-2H3. The molecule has 0 amide bonds. The highest BCUT2D eigenvalue weighted by atomic mass is 14.9. The van der Waals surface area contributed by atoms with Gasteiger partial charge in [-0.2, -0.15) is 0 Å². The molecule has 3 rings (SSSR count). The van der Waals surface area contributed by atoms with Crippen LogP contribution in [-0.2, 0) is 12.8 Å². The van der Waals surface area contributed by atoms with Crippen molar-refractivity contribution in [3.63, 3.8) is 0 Å². The minimum atomic E-state index is 0.637. The van der Waals surface area contributed by atoms with Crippen molar-refractivity contribution in [2.24, 2.45) is 5.92 Å². The van der Waals surface area contributed by atoms with Crippen LogP contribution in [-0.4, -0.2) is 23.1 Å². The maximum Gasteiger partial charge on any atom is 0.131 e. The van der Waals surface area contributed by atoms with E-state index in [9.17, 15) is 0 Å². The molecule has 1 aromatic rings. The van der Waals surface area contributed by atoms with E-state index in [4.69, 9.17) is 9.97 Å². The quantitative estimate of drug-likeness (QED) is 0.842. The Morgan fingerprint density at radius 1 is 1.14 bits per heavy atom. The van der Waals surface area contributed by atoms with Crippen LogP contribution in [0.1, 0.15) is 74.1 Å². The van der Waals surface area contributed by atoms with Gasteiger partial charge in [-0.05, 0) is 70.0 Å². The lowest BCUT2D eigenvalue weighted by Gasteiger charge is -2.26. The van der Waals surface area contributed by atoms with Gasteiger partial charge in [-0.1, -0.05) is 19.8 Å². The summed E-state index contributed by atoms with van der Waals surface area (Å²) in [6.45, 7) is 6.71. The lowest BCUT2D eigenvalue weighted by atomic mass is 9.85. The molecule has 1 N–H and O–H groups in total. The third-order valence-corrected chi connectivity index (χ3v) is 5.18. The lowest BCUT2D eigenvalue weighted by Crippen LogP contribution is -2.29. The lowest BCUT2D eigenvalue weighted by molar-refractivity contribution is 0.417. The number of hydrogen-bond donors (Lipinski definition) is 1. The summed E-state index contributed by atoms with van der Waals surface area (Å²) in [6, 6.07) is 0. The molecule has 0 aromatic carbocycles. The Kier molecular flexibility index (Phi) is 4.89. The molecule has 0 saturated heterocycles. The zero-order valence-electron chi connectivity index (χ0n) is 13.6. The second-order valence-electron chi connectivity index (χ2n) is 6.89. The van der Waals surface area contributed by atoms with E-state index in [0.29, 0.717) is 5.92 Å². The SMILES string of the molecule is CCCNCC1CCc2nc(C3CCCC3)nc(C)c2C1. The molecule has 0 radical (unpaired) electrons. The molecular formula is C18H29N3. The van der Waals surface area contributed by atoms with Gasteiger partial charge in [0, 0.05) is 17.3 Å². The van der Waals surface area contributed by atoms with E-state index >= 15 is 0 Å². The van der Waals surface area contributed by atoms with Crippen molar-refractivity contribution >= 4 is 0 Å². The fraction of sp³-hybridized carbons (Fsp3) is 0.778. The summed E-state index contributed by atoms with van der Waals surface area (Å²) < 4.78 is 0. The normalized spacial score (nSPS) is 22.5. The Morgan fingerprint density at radius 3 is 2.71 bits per heavy atom. The maximum atomic E-state index is 4.96. The molecule has 21 heavy (non-hydrogen) atoms. The monoisotopic (exact) mass is 287 g/mol. The topological polar surface area (TPSA) is 37.8 Å². The van der Waals surface area contributed by atoms with Crippen molar-refractivity contribution in [3.8, 4) is 0 Å². The van der Waals surface area contributed by atoms with Gasteiger partial charge in [0.05, 0.1) is 0 Å². The van der Waals surface area contributed by atoms with Crippen molar-refractivity contribution in [1.82, 2.24) is 15.3 Å². The summed E-state index contributed by atoms with van der Waals surface area (Å²) in [6.07, 6.45) is 10.1. The molecule has 2 aliphatic rings. The van der Waals surface area contributed by atoms with Crippen LogP contribution in [0.2, 0.25) is 0 Å². The highest BCUT2D eigenvalue weighted by Crippen LogP contribution is 2.34. The highest BCUT2D eigenvalue weighted by Gasteiger charge is 2.25. The molecule has 0 spiro atoms. The Morgan fingerprint density at radius 2 is 1.95 bits per heavy atom. The molecular weight excluding hydrogens is 258 g/mol. The predicted molar refractivity (Wildman–Crippen MR) is 86.7 cm³/mol. The van der Waals surface area contributed by atoms with Crippen LogP contribution in [0.4, 0.5) is 0 Å². The third-order valence-electron chi connectivity index (χ3n) is 5.18. The number of rotatable bonds is 5. The van der Waals surface area contributed by atoms with Gasteiger partial charge < -0.3 is 5.32 Å². The Balaban J connectivity index is 1.71. The number of nitrogens with zero attached hydrogens (tertiary/aromatic N) is 2. The van der Waals surface area contributed by atoms with Crippen LogP contribution in [0, 0.1) is 12.8 Å². The molecule has 3 heteroatoms. The molecule has 1 heterocycles. The van der Waals surface area contributed by atoms with Gasteiger partial charge in [0.25, 0.3) is 0 Å². The molecule has 1 fully saturated rings. The Hall–Kier alpha value is -0.960. The fourth-order valence-electron chi connectivity index (χ4n) is 3.91. The molecule has 2 aliphatic carbocycles. The number of nitrogens with one attached hydrogen (secondary N) is 1. The van der Waals surface area contributed by atoms with Gasteiger partial charge in [0.15, 0.2) is 0 Å². The molecule has 3 nitrogen and oxygen atoms in total. The van der Waals surface area contributed by atoms with Gasteiger partial charge in [-0.15, -0.1) is 0 Å². The zero-order valence-corrected chi connectivity index (χ0v) is 13.6. The van der Waals surface area contributed by atoms with Crippen molar-refractivity contribution in [2.45, 2.75) is 71.1 Å². The third kappa shape index (κ3) is 3.45. The van der Waals surface area contributed by atoms with Crippen LogP contribution >= 0.6 is 0 Å². The Labute approximate surface area is 129 Å². The molecule has 1 unspecified atom stereocenters. The van der Waals surface area contributed by atoms with Gasteiger partial charge in [-0.25, -0.2) is 9.97 Å². The molecule has 0 bridgehead atoms. The molecule has 116 valence electrons. The van der Waals surface area contributed by atoms with Gasteiger partial charge >= 0.3 is 0 Å². The first-order valence-electron chi connectivity index (χ1n) is 8.85. The summed E-state index contributed by atoms with van der Waals surface area (Å²) in [5.74, 6) is 2.55. The second kappa shape index (κ2) is 6.87. The summed E-state index contributed by atoms with van der Waals surface area (Å²) in [4.78, 5) is 9.82. The van der Waals surface area contributed by atoms with E-state index in [1.807, 2.05) is 0 Å². The first-order valence-corrected chi connectivity index (χ1v) is 8.85. The van der Waals surface area contributed by atoms with Gasteiger partial charge in [0.2, 0.25) is 0 Å². The predicted octanol–water partition coefficient (Wildman–Crippen LogP) is 3.55. The fourth-order valence-corrected chi connectivity index (χ4v) is 3.91. The Bertz CT molecular complexity index is 478. The van der Waals surface area contributed by atoms with Gasteiger partial charge in [-0.3, -0.25) is 0 Å². The van der Waals surface area contributed by atoms with Crippen LogP contribution in [0.25, 0.3) is 0 Å². The van der Waals surface area contributed by atoms with E-state index in [-0.39, 0.29) is 0 Å². The van der Waals surface area contributed by atoms with Crippen LogP contribution in [0.5, 0.6) is 0 Å². The average molecular weight is 287 g/mol. The maximum absolute atomic E-state index is 4.96. The van der Waals surface area contributed by atoms with Crippen molar-refractivity contribution in [3.05, 3.63) is 22.8 Å². The van der Waals surface area contributed by atoms with Crippen LogP contribution < -0.4 is 5.32 Å². The van der Waals surface area contributed by atoms with E-state index in [0.717, 1.165) is 31.3 Å². The number of aryl methyl sites for hydroxylation is 2. The number of fused-ring (bicyclic) bond motifs is 1. The number of aromatic nitrogens is 2. The summed E-state index contributed by atoms with van der Waals surface area (Å²) in [7, 11) is 0. The first kappa shape index (κ1) is 15.0. The number of hydrogen-bond acceptors (Lipinski definition) is 3. The van der Waals surface area contributed by atoms with E-state index in [1.54, 1.807) is 0 Å². The van der Waals surface area contributed by atoms with E-state index in [1.165, 1.54) is 61.9 Å². The van der Waals surface area contributed by atoms with Crippen LogP contribution in [0.3, 0.4) is 0 Å². The highest BCUT2D eigenvalue weighted by molar-refractivity contribution is 5.29. The van der Waals surface area contributed by atoms with Crippen molar-refractivity contribution in [2.75, 3.05) is 13.1 Å². The summed E-state index contributed by atoms with van der Waals surface area (Å²) >= 11 is 0. The first-order chi connectivity index (χ1) is 10.3.